The molecule has 2 amide bonds. The van der Waals surface area contributed by atoms with Gasteiger partial charge in [0.2, 0.25) is 11.8 Å². The Kier molecular flexibility index (Phi) is 6.57. The van der Waals surface area contributed by atoms with Crippen molar-refractivity contribution < 1.29 is 9.59 Å². The third-order valence-corrected chi connectivity index (χ3v) is 7.57. The summed E-state index contributed by atoms with van der Waals surface area (Å²) in [5.74, 6) is 2.51. The molecular formula is C22H37NO2. The Hall–Kier alpha value is -0.860. The summed E-state index contributed by atoms with van der Waals surface area (Å²) in [5.41, 5.74) is 0. The molecule has 3 nitrogen and oxygen atoms in total. The van der Waals surface area contributed by atoms with E-state index in [1.807, 2.05) is 0 Å². The summed E-state index contributed by atoms with van der Waals surface area (Å²) in [5, 5.41) is 2.66. The molecule has 2 aliphatic carbocycles. The number of hydrogen-bond acceptors (Lipinski definition) is 2. The molecule has 142 valence electrons. The highest BCUT2D eigenvalue weighted by Crippen LogP contribution is 2.40. The van der Waals surface area contributed by atoms with Crippen LogP contribution in [0.3, 0.4) is 0 Å². The molecule has 1 saturated heterocycles. The van der Waals surface area contributed by atoms with E-state index in [4.69, 9.17) is 0 Å². The first kappa shape index (κ1) is 18.9. The molecular weight excluding hydrogens is 310 g/mol. The van der Waals surface area contributed by atoms with Crippen LogP contribution in [0.25, 0.3) is 0 Å². The number of amides is 2. The average molecular weight is 348 g/mol. The summed E-state index contributed by atoms with van der Waals surface area (Å²) in [6.45, 7) is 4.63. The lowest BCUT2D eigenvalue weighted by molar-refractivity contribution is -0.126. The number of carbonyl (C=O) groups is 2. The van der Waals surface area contributed by atoms with Gasteiger partial charge >= 0.3 is 0 Å². The van der Waals surface area contributed by atoms with E-state index in [1.165, 1.54) is 64.2 Å². The van der Waals surface area contributed by atoms with Gasteiger partial charge in [-0.15, -0.1) is 0 Å². The molecule has 0 bridgehead atoms. The number of rotatable bonds is 6. The Bertz CT molecular complexity index is 421. The van der Waals surface area contributed by atoms with Crippen molar-refractivity contribution in [3.8, 4) is 0 Å². The minimum atomic E-state index is -0.0736. The van der Waals surface area contributed by atoms with E-state index in [9.17, 15) is 9.59 Å². The number of imide groups is 1. The number of carbonyl (C=O) groups excluding carboxylic acids is 2. The van der Waals surface area contributed by atoms with Gasteiger partial charge in [0.25, 0.3) is 0 Å². The Balaban J connectivity index is 1.59. The Morgan fingerprint density at radius 3 is 1.44 bits per heavy atom. The Labute approximate surface area is 153 Å². The Morgan fingerprint density at radius 1 is 0.720 bits per heavy atom. The lowest BCUT2D eigenvalue weighted by Gasteiger charge is -2.32. The summed E-state index contributed by atoms with van der Waals surface area (Å²) in [6, 6.07) is 0. The molecule has 4 atom stereocenters. The van der Waals surface area contributed by atoms with Crippen LogP contribution < -0.4 is 5.32 Å². The molecule has 0 aromatic rings. The number of hydrogen-bond donors (Lipinski definition) is 1. The molecule has 2 saturated carbocycles. The summed E-state index contributed by atoms with van der Waals surface area (Å²) >= 11 is 0. The second-order valence-corrected chi connectivity index (χ2v) is 9.29. The molecule has 0 aromatic carbocycles. The quantitative estimate of drug-likeness (QED) is 0.680. The van der Waals surface area contributed by atoms with Crippen LogP contribution in [-0.4, -0.2) is 11.8 Å². The maximum atomic E-state index is 12.4. The van der Waals surface area contributed by atoms with E-state index in [1.54, 1.807) is 0 Å². The van der Waals surface area contributed by atoms with Gasteiger partial charge in [-0.2, -0.15) is 0 Å². The first-order valence-electron chi connectivity index (χ1n) is 10.9. The van der Waals surface area contributed by atoms with E-state index in [2.05, 4.69) is 19.2 Å². The van der Waals surface area contributed by atoms with Crippen LogP contribution in [0.2, 0.25) is 0 Å². The fourth-order valence-corrected chi connectivity index (χ4v) is 5.81. The second-order valence-electron chi connectivity index (χ2n) is 9.29. The highest BCUT2D eigenvalue weighted by Gasteiger charge is 2.43. The second kappa shape index (κ2) is 8.68. The molecule has 3 rings (SSSR count). The van der Waals surface area contributed by atoms with Gasteiger partial charge in [0.15, 0.2) is 0 Å². The van der Waals surface area contributed by atoms with Crippen LogP contribution >= 0.6 is 0 Å². The van der Waals surface area contributed by atoms with Crippen molar-refractivity contribution in [3.05, 3.63) is 0 Å². The maximum absolute atomic E-state index is 12.4. The fraction of sp³-hybridized carbons (Fsp3) is 0.909. The van der Waals surface area contributed by atoms with E-state index in [0.29, 0.717) is 11.8 Å². The van der Waals surface area contributed by atoms with Crippen LogP contribution in [0.4, 0.5) is 0 Å². The topological polar surface area (TPSA) is 46.2 Å². The van der Waals surface area contributed by atoms with Crippen LogP contribution in [0.15, 0.2) is 0 Å². The van der Waals surface area contributed by atoms with E-state index < -0.39 is 0 Å². The first-order chi connectivity index (χ1) is 12.1. The van der Waals surface area contributed by atoms with Gasteiger partial charge in [0.1, 0.15) is 0 Å². The first-order valence-corrected chi connectivity index (χ1v) is 10.9. The molecule has 0 spiro atoms. The predicted octanol–water partition coefficient (Wildman–Crippen LogP) is 5.09. The molecule has 1 aliphatic heterocycles. The highest BCUT2D eigenvalue weighted by molar-refractivity contribution is 6.05. The summed E-state index contributed by atoms with van der Waals surface area (Å²) in [4.78, 5) is 24.9. The Morgan fingerprint density at radius 2 is 1.08 bits per heavy atom. The molecule has 3 fully saturated rings. The van der Waals surface area contributed by atoms with Crippen molar-refractivity contribution in [2.45, 2.75) is 90.9 Å². The minimum absolute atomic E-state index is 0.00787. The molecule has 4 unspecified atom stereocenters. The van der Waals surface area contributed by atoms with Crippen molar-refractivity contribution in [1.29, 1.82) is 0 Å². The third kappa shape index (κ3) is 4.65. The third-order valence-electron chi connectivity index (χ3n) is 7.57. The van der Waals surface area contributed by atoms with Crippen LogP contribution in [0.5, 0.6) is 0 Å². The van der Waals surface area contributed by atoms with E-state index in [0.717, 1.165) is 24.7 Å². The lowest BCUT2D eigenvalue weighted by Crippen LogP contribution is -2.27. The maximum Gasteiger partial charge on any atom is 0.230 e. The average Bonchev–Trinajstić information content (AvgIpc) is 2.90. The van der Waals surface area contributed by atoms with E-state index in [-0.39, 0.29) is 23.7 Å². The SMILES string of the molecule is CC(CC1C(=O)NC(=O)C1CC(C)C1CCCCC1)C1CCCCC1. The molecule has 1 N–H and O–H groups in total. The van der Waals surface area contributed by atoms with Crippen molar-refractivity contribution in [2.75, 3.05) is 0 Å². The molecule has 25 heavy (non-hydrogen) atoms. The van der Waals surface area contributed by atoms with Gasteiger partial charge in [-0.25, -0.2) is 0 Å². The fourth-order valence-electron chi connectivity index (χ4n) is 5.81. The van der Waals surface area contributed by atoms with Crippen LogP contribution in [-0.2, 0) is 9.59 Å². The molecule has 0 radical (unpaired) electrons. The van der Waals surface area contributed by atoms with Crippen LogP contribution in [0, 0.1) is 35.5 Å². The van der Waals surface area contributed by atoms with Gasteiger partial charge in [-0.3, -0.25) is 14.9 Å². The van der Waals surface area contributed by atoms with Gasteiger partial charge in [-0.05, 0) is 36.5 Å². The van der Waals surface area contributed by atoms with Gasteiger partial charge < -0.3 is 0 Å². The van der Waals surface area contributed by atoms with Crippen molar-refractivity contribution in [2.24, 2.45) is 35.5 Å². The smallest absolute Gasteiger partial charge is 0.230 e. The summed E-state index contributed by atoms with van der Waals surface area (Å²) in [7, 11) is 0. The molecule has 0 aromatic heterocycles. The summed E-state index contributed by atoms with van der Waals surface area (Å²) < 4.78 is 0. The molecule has 3 heteroatoms. The van der Waals surface area contributed by atoms with Gasteiger partial charge in [-0.1, -0.05) is 78.1 Å². The number of nitrogens with one attached hydrogen (secondary N) is 1. The zero-order valence-corrected chi connectivity index (χ0v) is 16.3. The highest BCUT2D eigenvalue weighted by atomic mass is 16.2. The standard InChI is InChI=1S/C22H37NO2/c1-15(17-9-5-3-6-10-17)13-19-20(22(25)23-21(19)24)14-16(2)18-11-7-4-8-12-18/h15-20H,3-14H2,1-2H3,(H,23,24,25). The molecule has 1 heterocycles. The normalized spacial score (nSPS) is 31.8. The summed E-state index contributed by atoms with van der Waals surface area (Å²) in [6.07, 6.45) is 15.2. The zero-order valence-electron chi connectivity index (χ0n) is 16.3. The van der Waals surface area contributed by atoms with Crippen molar-refractivity contribution in [1.82, 2.24) is 5.32 Å². The van der Waals surface area contributed by atoms with Gasteiger partial charge in [0.05, 0.1) is 11.8 Å². The minimum Gasteiger partial charge on any atom is -0.296 e. The van der Waals surface area contributed by atoms with Crippen LogP contribution in [0.1, 0.15) is 90.9 Å². The van der Waals surface area contributed by atoms with Crippen molar-refractivity contribution in [3.63, 3.8) is 0 Å². The molecule has 3 aliphatic rings. The lowest BCUT2D eigenvalue weighted by atomic mass is 9.72. The largest absolute Gasteiger partial charge is 0.296 e. The van der Waals surface area contributed by atoms with Gasteiger partial charge in [0, 0.05) is 0 Å². The zero-order chi connectivity index (χ0) is 17.8. The predicted molar refractivity (Wildman–Crippen MR) is 101 cm³/mol. The monoisotopic (exact) mass is 347 g/mol. The van der Waals surface area contributed by atoms with E-state index >= 15 is 0 Å². The van der Waals surface area contributed by atoms with Crippen molar-refractivity contribution >= 4 is 11.8 Å².